The molecule has 0 unspecified atom stereocenters. The van der Waals surface area contributed by atoms with E-state index in [0.717, 1.165) is 43.8 Å². The Bertz CT molecular complexity index is 5740. The summed E-state index contributed by atoms with van der Waals surface area (Å²) >= 11 is 0. The summed E-state index contributed by atoms with van der Waals surface area (Å²) in [5.74, 6) is 0. The Kier molecular flexibility index (Phi) is 5.98. The van der Waals surface area contributed by atoms with Crippen LogP contribution in [-0.4, -0.2) is 18.3 Å². The van der Waals surface area contributed by atoms with Crippen molar-refractivity contribution in [2.75, 3.05) is 0 Å². The fraction of sp³-hybridized carbons (Fsp3) is 0. The predicted molar refractivity (Wildman–Crippen MR) is 320 cm³/mol. The van der Waals surface area contributed by atoms with Crippen LogP contribution < -0.4 is 0 Å². The lowest BCUT2D eigenvalue weighted by Gasteiger charge is -2.09. The molecule has 4 heteroatoms. The van der Waals surface area contributed by atoms with E-state index in [4.69, 9.17) is 21.9 Å². The molecule has 12 aromatic carbocycles. The third kappa shape index (κ3) is 6.44. The lowest BCUT2D eigenvalue weighted by atomic mass is 9.98. The highest BCUT2D eigenvalue weighted by atomic mass is 15.0. The zero-order valence-corrected chi connectivity index (χ0v) is 39.8. The maximum atomic E-state index is 9.22. The summed E-state index contributed by atoms with van der Waals surface area (Å²) in [6, 6.07) is 40.1. The van der Waals surface area contributed by atoms with Gasteiger partial charge in [-0.25, -0.2) is 0 Å². The van der Waals surface area contributed by atoms with E-state index in [1.807, 2.05) is 158 Å². The molecule has 4 nitrogen and oxygen atoms in total. The molecule has 76 heavy (non-hydrogen) atoms. The number of nitrogens with zero attached hydrogens (tertiary/aromatic N) is 4. The van der Waals surface area contributed by atoms with Crippen molar-refractivity contribution in [1.82, 2.24) is 18.3 Å². The van der Waals surface area contributed by atoms with Crippen LogP contribution in [0.4, 0.5) is 0 Å². The van der Waals surface area contributed by atoms with Crippen molar-refractivity contribution in [1.29, 1.82) is 0 Å². The molecule has 0 saturated heterocycles. The third-order valence-corrected chi connectivity index (χ3v) is 14.7. The Labute approximate surface area is 466 Å². The first-order chi connectivity index (χ1) is 46.0. The van der Waals surface area contributed by atoms with Crippen molar-refractivity contribution < 1.29 is 27.4 Å². The van der Waals surface area contributed by atoms with Gasteiger partial charge in [0, 0.05) is 65.8 Å². The molecule has 0 fully saturated rings. The van der Waals surface area contributed by atoms with Crippen molar-refractivity contribution in [2.24, 2.45) is 0 Å². The molecule has 0 aliphatic rings. The van der Waals surface area contributed by atoms with Crippen LogP contribution >= 0.6 is 0 Å². The van der Waals surface area contributed by atoms with Crippen molar-refractivity contribution in [2.45, 2.75) is 0 Å². The van der Waals surface area contributed by atoms with Crippen LogP contribution in [0, 0.1) is 0 Å². The minimum Gasteiger partial charge on any atom is -0.309 e. The van der Waals surface area contributed by atoms with Gasteiger partial charge in [-0.2, -0.15) is 0 Å². The van der Waals surface area contributed by atoms with Gasteiger partial charge in [0.1, 0.15) is 0 Å². The fourth-order valence-corrected chi connectivity index (χ4v) is 11.5. The standard InChI is InChI=1S/C72H46N4/c1-5-17-53(18-6-1)73-65-27-15-13-25-57(65)59-41-47(29-35-67(59)73)49-31-37-69-61(43-49)63-45-51(33-39-71(63)75(69)55-21-9-3-10-22-55)52-34-40-72-64(46-52)62-44-50(32-38-70(62)76(72)56-23-11-4-12-24-56)48-30-36-68-60(42-48)58-26-14-16-28-66(58)74(68)54-19-7-2-8-20-54/h1-46H/i1D,2D,3D,4D,5D,6D,7D,8D,9D,10D,11D,12D,17D,18D,19D,20D,21D,22D,23D,24D. The van der Waals surface area contributed by atoms with E-state index in [0.29, 0.717) is 76.8 Å². The van der Waals surface area contributed by atoms with Crippen LogP contribution in [0.1, 0.15) is 27.4 Å². The maximum absolute atomic E-state index is 9.22. The highest BCUT2D eigenvalue weighted by Crippen LogP contribution is 2.43. The number of hydrogen-bond donors (Lipinski definition) is 0. The highest BCUT2D eigenvalue weighted by Gasteiger charge is 2.20. The van der Waals surface area contributed by atoms with Gasteiger partial charge in [-0.15, -0.1) is 0 Å². The molecular weight excluding hydrogens is 921 g/mol. The molecule has 4 aromatic heterocycles. The number of fused-ring (bicyclic) bond motifs is 12. The van der Waals surface area contributed by atoms with Crippen LogP contribution in [0.3, 0.4) is 0 Å². The van der Waals surface area contributed by atoms with Crippen molar-refractivity contribution in [3.63, 3.8) is 0 Å². The van der Waals surface area contributed by atoms with Crippen LogP contribution in [0.15, 0.2) is 279 Å². The van der Waals surface area contributed by atoms with E-state index < -0.39 is 96.7 Å². The summed E-state index contributed by atoms with van der Waals surface area (Å²) in [6.07, 6.45) is 0. The second-order valence-corrected chi connectivity index (χ2v) is 18.7. The topological polar surface area (TPSA) is 19.7 Å². The van der Waals surface area contributed by atoms with Crippen molar-refractivity contribution >= 4 is 87.2 Å². The van der Waals surface area contributed by atoms with Crippen LogP contribution in [-0.2, 0) is 0 Å². The summed E-state index contributed by atoms with van der Waals surface area (Å²) in [7, 11) is 0. The Hall–Kier alpha value is -10.2. The zero-order valence-electron chi connectivity index (χ0n) is 59.8. The summed E-state index contributed by atoms with van der Waals surface area (Å²) in [5, 5.41) is 5.67. The van der Waals surface area contributed by atoms with E-state index in [1.165, 1.54) is 0 Å². The van der Waals surface area contributed by atoms with E-state index in [2.05, 4.69) is 0 Å². The minimum atomic E-state index is -0.544. The number of benzene rings is 12. The monoisotopic (exact) mass is 986 g/mol. The quantitative estimate of drug-likeness (QED) is 0.152. The SMILES string of the molecule is [2H]c1c([2H])c([2H])c(-n2c3ccccc3c3cc(-c4ccc5c(c4)c4cc(-c6ccc7c(c6)c6cc(-c8ccc9c(c8)c8ccccc8n9-c8c([2H])c([2H])c([2H])c([2H])c8[2H])ccc6n7-c6c([2H])c([2H])c([2H])c([2H])c6[2H])ccc4n5-c4c([2H])c([2H])c([2H])c([2H])c4[2H])ccc32)c([2H])c1[2H]. The molecule has 0 radical (unpaired) electrons. The van der Waals surface area contributed by atoms with Crippen molar-refractivity contribution in [3.8, 4) is 56.1 Å². The van der Waals surface area contributed by atoms with Crippen LogP contribution in [0.25, 0.3) is 143 Å². The summed E-state index contributed by atoms with van der Waals surface area (Å²) in [6.45, 7) is 0. The highest BCUT2D eigenvalue weighted by molar-refractivity contribution is 6.16. The lowest BCUT2D eigenvalue weighted by molar-refractivity contribution is 1.18. The molecule has 16 rings (SSSR count). The fourth-order valence-electron chi connectivity index (χ4n) is 11.5. The number of aromatic nitrogens is 4. The first-order valence-electron chi connectivity index (χ1n) is 34.5. The lowest BCUT2D eigenvalue weighted by Crippen LogP contribution is -1.93. The third-order valence-electron chi connectivity index (χ3n) is 14.7. The van der Waals surface area contributed by atoms with Crippen LogP contribution in [0.5, 0.6) is 0 Å². The molecule has 0 aliphatic carbocycles. The molecular formula is C72H46N4. The second kappa shape index (κ2) is 16.7. The first-order valence-corrected chi connectivity index (χ1v) is 24.5. The molecule has 0 bridgehead atoms. The van der Waals surface area contributed by atoms with Gasteiger partial charge in [-0.3, -0.25) is 0 Å². The van der Waals surface area contributed by atoms with Gasteiger partial charge in [-0.05, 0) is 167 Å². The number of hydrogen-bond acceptors (Lipinski definition) is 0. The number of para-hydroxylation sites is 6. The van der Waals surface area contributed by atoms with Gasteiger partial charge in [0.2, 0.25) is 0 Å². The van der Waals surface area contributed by atoms with Crippen molar-refractivity contribution in [3.05, 3.63) is 279 Å². The molecule has 354 valence electrons. The molecule has 4 heterocycles. The minimum absolute atomic E-state index is 0.0109. The molecule has 0 N–H and O–H groups in total. The average molecular weight is 987 g/mol. The van der Waals surface area contributed by atoms with Crippen LogP contribution in [0.2, 0.25) is 0 Å². The average Bonchev–Trinajstić information content (AvgIpc) is 1.62. The van der Waals surface area contributed by atoms with Gasteiger partial charge in [0.05, 0.1) is 71.5 Å². The van der Waals surface area contributed by atoms with Gasteiger partial charge < -0.3 is 18.3 Å². The molecule has 16 aromatic rings. The summed E-state index contributed by atoms with van der Waals surface area (Å²) in [5.41, 5.74) is 8.90. The van der Waals surface area contributed by atoms with E-state index in [-0.39, 0.29) is 46.9 Å². The Morgan fingerprint density at radius 3 is 0.632 bits per heavy atom. The second-order valence-electron chi connectivity index (χ2n) is 18.7. The molecule has 0 saturated carbocycles. The smallest absolute Gasteiger partial charge is 0.0645 e. The first kappa shape index (κ1) is 27.2. The Morgan fingerprint density at radius 1 is 0.197 bits per heavy atom. The molecule has 0 amide bonds. The predicted octanol–water partition coefficient (Wildman–Crippen LogP) is 19.1. The number of rotatable bonds is 7. The van der Waals surface area contributed by atoms with Gasteiger partial charge in [0.15, 0.2) is 0 Å². The van der Waals surface area contributed by atoms with E-state index in [1.54, 1.807) is 18.3 Å². The summed E-state index contributed by atoms with van der Waals surface area (Å²) < 4.78 is 182. The van der Waals surface area contributed by atoms with E-state index >= 15 is 0 Å². The van der Waals surface area contributed by atoms with E-state index in [9.17, 15) is 5.48 Å². The maximum Gasteiger partial charge on any atom is 0.0645 e. The van der Waals surface area contributed by atoms with Gasteiger partial charge in [-0.1, -0.05) is 145 Å². The molecule has 0 atom stereocenters. The molecule has 0 spiro atoms. The summed E-state index contributed by atoms with van der Waals surface area (Å²) in [4.78, 5) is 0. The Morgan fingerprint density at radius 2 is 0.395 bits per heavy atom. The normalized spacial score (nSPS) is 15.6. The van der Waals surface area contributed by atoms with Gasteiger partial charge in [0.25, 0.3) is 0 Å². The largest absolute Gasteiger partial charge is 0.309 e. The Balaban J connectivity index is 0.906. The van der Waals surface area contributed by atoms with Gasteiger partial charge >= 0.3 is 0 Å². The molecule has 0 aliphatic heterocycles. The zero-order chi connectivity index (χ0) is 67.3.